The Morgan fingerprint density at radius 1 is 1.09 bits per heavy atom. The van der Waals surface area contributed by atoms with Gasteiger partial charge < -0.3 is 26.6 Å². The van der Waals surface area contributed by atoms with Crippen molar-refractivity contribution in [1.29, 1.82) is 0 Å². The Labute approximate surface area is 262 Å². The zero-order chi connectivity index (χ0) is 32.7. The highest BCUT2D eigenvalue weighted by Gasteiger charge is 2.70. The maximum Gasteiger partial charge on any atom is 0.316 e. The molecule has 3 aliphatic rings. The smallest absolute Gasteiger partial charge is 0.316 e. The van der Waals surface area contributed by atoms with Gasteiger partial charge in [-0.1, -0.05) is 67.7 Å². The largest absolute Gasteiger partial charge is 0.363 e. The number of urea groups is 1. The van der Waals surface area contributed by atoms with Crippen LogP contribution in [0.25, 0.3) is 0 Å². The lowest BCUT2D eigenvalue weighted by atomic mass is 9.80. The van der Waals surface area contributed by atoms with E-state index in [2.05, 4.69) is 20.9 Å². The lowest BCUT2D eigenvalue weighted by molar-refractivity contribution is -0.145. The van der Waals surface area contributed by atoms with E-state index in [9.17, 15) is 28.8 Å². The van der Waals surface area contributed by atoms with Gasteiger partial charge in [0.25, 0.3) is 5.91 Å². The first-order chi connectivity index (χ1) is 20.4. The molecule has 1 unspecified atom stereocenters. The molecule has 2 aliphatic carbocycles. The van der Waals surface area contributed by atoms with E-state index in [1.165, 1.54) is 22.4 Å². The summed E-state index contributed by atoms with van der Waals surface area (Å²) in [5, 5.41) is 10.3. The molecule has 13 heteroatoms. The van der Waals surface area contributed by atoms with Gasteiger partial charge in [0, 0.05) is 18.1 Å². The molecule has 4 rings (SSSR count). The Balaban J connectivity index is 1.53. The number of carbonyl (C=O) groups is 6. The van der Waals surface area contributed by atoms with Gasteiger partial charge >= 0.3 is 6.03 Å². The number of amides is 5. The predicted molar refractivity (Wildman–Crippen MR) is 164 cm³/mol. The minimum Gasteiger partial charge on any atom is -0.363 e. The number of hydrogen-bond donors (Lipinski definition) is 4. The van der Waals surface area contributed by atoms with Gasteiger partial charge in [0.1, 0.15) is 12.1 Å². The molecule has 2 saturated carbocycles. The molecule has 5 N–H and O–H groups in total. The minimum atomic E-state index is -1.10. The summed E-state index contributed by atoms with van der Waals surface area (Å²) in [4.78, 5) is 84.4. The molecule has 44 heavy (non-hydrogen) atoms. The third kappa shape index (κ3) is 6.82. The van der Waals surface area contributed by atoms with Crippen molar-refractivity contribution >= 4 is 46.7 Å². The predicted octanol–water partition coefficient (Wildman–Crippen LogP) is 2.28. The van der Waals surface area contributed by atoms with Gasteiger partial charge in [-0.25, -0.2) is 9.78 Å². The number of nitrogens with two attached hydrogens (primary N) is 1. The van der Waals surface area contributed by atoms with Crippen LogP contribution in [0.5, 0.6) is 0 Å². The van der Waals surface area contributed by atoms with Gasteiger partial charge in [-0.3, -0.25) is 24.0 Å². The fourth-order valence-corrected chi connectivity index (χ4v) is 7.29. The van der Waals surface area contributed by atoms with Gasteiger partial charge in [-0.2, -0.15) is 0 Å². The zero-order valence-electron chi connectivity index (χ0n) is 26.6. The molecule has 5 amide bonds. The van der Waals surface area contributed by atoms with Crippen molar-refractivity contribution < 1.29 is 28.8 Å². The van der Waals surface area contributed by atoms with E-state index in [0.29, 0.717) is 13.0 Å². The van der Waals surface area contributed by atoms with Crippen LogP contribution in [0, 0.1) is 34.5 Å². The van der Waals surface area contributed by atoms with E-state index >= 15 is 0 Å². The van der Waals surface area contributed by atoms with Crippen LogP contribution in [0.4, 0.5) is 4.79 Å². The van der Waals surface area contributed by atoms with Crippen LogP contribution in [-0.2, 0) is 19.2 Å². The molecule has 0 bridgehead atoms. The number of thiazole rings is 1. The van der Waals surface area contributed by atoms with Crippen molar-refractivity contribution in [3.8, 4) is 0 Å². The lowest BCUT2D eigenvalue weighted by Gasteiger charge is -2.38. The molecule has 1 aliphatic heterocycles. The molecule has 242 valence electrons. The Kier molecular flexibility index (Phi) is 9.58. The second kappa shape index (κ2) is 12.6. The lowest BCUT2D eigenvalue weighted by Crippen LogP contribution is -2.62. The molecule has 0 spiro atoms. The number of piperidine rings is 1. The van der Waals surface area contributed by atoms with E-state index in [1.54, 1.807) is 5.38 Å². The number of nitrogens with zero attached hydrogens (tertiary/aromatic N) is 2. The van der Waals surface area contributed by atoms with Gasteiger partial charge in [0.15, 0.2) is 5.01 Å². The molecule has 1 aromatic heterocycles. The molecular weight excluding hydrogens is 584 g/mol. The first kappa shape index (κ1) is 33.5. The highest BCUT2D eigenvalue weighted by Crippen LogP contribution is 2.65. The number of likely N-dealkylation sites (tertiary alicyclic amines) is 1. The fraction of sp³-hybridized carbons (Fsp3) is 0.710. The summed E-state index contributed by atoms with van der Waals surface area (Å²) in [7, 11) is 0. The van der Waals surface area contributed by atoms with Gasteiger partial charge in [0.2, 0.25) is 23.4 Å². The van der Waals surface area contributed by atoms with Gasteiger partial charge in [0.05, 0.1) is 12.1 Å². The third-order valence-electron chi connectivity index (χ3n) is 9.70. The number of aromatic nitrogens is 1. The molecule has 12 nitrogen and oxygen atoms in total. The molecule has 1 aromatic rings. The molecular formula is C31H46N6O6S. The van der Waals surface area contributed by atoms with Crippen molar-refractivity contribution in [2.24, 2.45) is 40.2 Å². The standard InChI is InChI=1S/C31H46N6O6S/c1-15(2)20(23(39)27-33-11-12-44-27)35-29(43)36-24(30(3,4)5)28(42)37-14-17-19(31(17,6)7)21(37)26(41)34-18(22(38)25(32)40)13-16-9-8-10-16/h11-12,15-21,24H,8-10,13-14H2,1-7H3,(H2,32,40)(H,34,41)(H2,35,36,43)/t17-,18?,19-,20-,21-,24+/m0/s1. The first-order valence-corrected chi connectivity index (χ1v) is 16.3. The van der Waals surface area contributed by atoms with Crippen molar-refractivity contribution in [3.63, 3.8) is 0 Å². The molecule has 0 aromatic carbocycles. The third-order valence-corrected chi connectivity index (χ3v) is 10.5. The maximum atomic E-state index is 14.2. The van der Waals surface area contributed by atoms with Crippen LogP contribution < -0.4 is 21.7 Å². The maximum absolute atomic E-state index is 14.2. The zero-order valence-corrected chi connectivity index (χ0v) is 27.5. The Bertz CT molecular complexity index is 1300. The molecule has 3 fully saturated rings. The van der Waals surface area contributed by atoms with Gasteiger partial charge in [-0.05, 0) is 40.9 Å². The number of carbonyl (C=O) groups excluding carboxylic acids is 6. The summed E-state index contributed by atoms with van der Waals surface area (Å²) in [6.45, 7) is 13.5. The van der Waals surface area contributed by atoms with E-state index in [0.717, 1.165) is 19.3 Å². The van der Waals surface area contributed by atoms with Crippen LogP contribution in [0.2, 0.25) is 0 Å². The fourth-order valence-electron chi connectivity index (χ4n) is 6.68. The highest BCUT2D eigenvalue weighted by molar-refractivity contribution is 7.11. The van der Waals surface area contributed by atoms with E-state index in [1.807, 2.05) is 48.5 Å². The Hall–Kier alpha value is -3.35. The molecule has 0 radical (unpaired) electrons. The minimum absolute atomic E-state index is 0.0646. The summed E-state index contributed by atoms with van der Waals surface area (Å²) in [6.07, 6.45) is 4.72. The second-order valence-corrected chi connectivity index (χ2v) is 15.4. The van der Waals surface area contributed by atoms with E-state index in [-0.39, 0.29) is 39.9 Å². The number of rotatable bonds is 12. The number of primary amides is 1. The summed E-state index contributed by atoms with van der Waals surface area (Å²) < 4.78 is 0. The van der Waals surface area contributed by atoms with Crippen molar-refractivity contribution in [2.45, 2.75) is 98.3 Å². The van der Waals surface area contributed by atoms with Crippen LogP contribution in [0.1, 0.15) is 84.0 Å². The second-order valence-electron chi connectivity index (χ2n) is 14.6. The quantitative estimate of drug-likeness (QED) is 0.202. The first-order valence-electron chi connectivity index (χ1n) is 15.4. The molecule has 2 heterocycles. The van der Waals surface area contributed by atoms with Crippen LogP contribution in [0.3, 0.4) is 0 Å². The summed E-state index contributed by atoms with van der Waals surface area (Å²) in [5.41, 5.74) is 4.37. The highest BCUT2D eigenvalue weighted by atomic mass is 32.1. The van der Waals surface area contributed by atoms with Gasteiger partial charge in [-0.15, -0.1) is 11.3 Å². The Morgan fingerprint density at radius 2 is 1.75 bits per heavy atom. The molecule has 6 atom stereocenters. The normalized spacial score (nSPS) is 24.4. The Morgan fingerprint density at radius 3 is 2.25 bits per heavy atom. The van der Waals surface area contributed by atoms with Crippen molar-refractivity contribution in [3.05, 3.63) is 16.6 Å². The van der Waals surface area contributed by atoms with Crippen LogP contribution >= 0.6 is 11.3 Å². The summed E-state index contributed by atoms with van der Waals surface area (Å²) in [6, 6.07) is -4.49. The van der Waals surface area contributed by atoms with Crippen molar-refractivity contribution in [2.75, 3.05) is 6.54 Å². The number of hydrogen-bond acceptors (Lipinski definition) is 8. The monoisotopic (exact) mass is 630 g/mol. The van der Waals surface area contributed by atoms with E-state index < -0.39 is 59.1 Å². The molecule has 1 saturated heterocycles. The summed E-state index contributed by atoms with van der Waals surface area (Å²) >= 11 is 1.19. The van der Waals surface area contributed by atoms with Crippen LogP contribution in [0.15, 0.2) is 11.6 Å². The SMILES string of the molecule is CC(C)[C@H](NC(=O)N[C@H](C(=O)N1C[C@H]2[C@@H]([C@H]1C(=O)NC(CC1CCC1)C(=O)C(N)=O)C2(C)C)C(C)(C)C)C(=O)c1nccs1. The number of ketones is 2. The summed E-state index contributed by atoms with van der Waals surface area (Å²) in [5.74, 6) is -3.28. The number of nitrogens with one attached hydrogen (secondary N) is 3. The van der Waals surface area contributed by atoms with Crippen molar-refractivity contribution in [1.82, 2.24) is 25.8 Å². The number of fused-ring (bicyclic) bond motifs is 1. The average molecular weight is 631 g/mol. The average Bonchev–Trinajstić information content (AvgIpc) is 3.36. The topological polar surface area (TPSA) is 181 Å². The van der Waals surface area contributed by atoms with E-state index in [4.69, 9.17) is 5.73 Å². The van der Waals surface area contributed by atoms with Crippen LogP contribution in [-0.4, -0.2) is 75.9 Å². The number of Topliss-reactive ketones (excluding diaryl/α,β-unsaturated/α-hetero) is 2.